The molecule has 2 heterocycles. The summed E-state index contributed by atoms with van der Waals surface area (Å²) in [6.45, 7) is 0.154. The van der Waals surface area contributed by atoms with Crippen molar-refractivity contribution in [3.63, 3.8) is 0 Å². The first-order valence-corrected chi connectivity index (χ1v) is 8.05. The van der Waals surface area contributed by atoms with Gasteiger partial charge in [0.1, 0.15) is 0 Å². The minimum atomic E-state index is -0.521. The summed E-state index contributed by atoms with van der Waals surface area (Å²) in [5.41, 5.74) is 1.06. The summed E-state index contributed by atoms with van der Waals surface area (Å²) in [5.74, 6) is 0.882. The molecule has 1 N–H and O–H groups in total. The number of nitro groups is 1. The third-order valence-electron chi connectivity index (χ3n) is 3.78. The predicted molar refractivity (Wildman–Crippen MR) is 96.6 cm³/mol. The number of carbonyl (C=O) groups excluding carboxylic acids is 1. The Morgan fingerprint density at radius 2 is 2.00 bits per heavy atom. The van der Waals surface area contributed by atoms with Gasteiger partial charge in [-0.05, 0) is 29.8 Å². The number of amides is 1. The van der Waals surface area contributed by atoms with Gasteiger partial charge in [0.25, 0.3) is 11.6 Å². The number of nitrogens with zero attached hydrogens (tertiary/aromatic N) is 3. The first-order valence-electron chi connectivity index (χ1n) is 8.05. The van der Waals surface area contributed by atoms with Crippen molar-refractivity contribution in [2.45, 2.75) is 0 Å². The molecule has 0 unspecified atom stereocenters. The molecule has 1 amide bonds. The molecule has 0 fully saturated rings. The molecule has 0 saturated heterocycles. The van der Waals surface area contributed by atoms with Gasteiger partial charge in [0.2, 0.25) is 12.7 Å². The Kier molecular flexibility index (Phi) is 4.42. The lowest BCUT2D eigenvalue weighted by Gasteiger charge is -1.98. The lowest BCUT2D eigenvalue weighted by molar-refractivity contribution is -0.384. The molecule has 10 nitrogen and oxygen atoms in total. The van der Waals surface area contributed by atoms with E-state index >= 15 is 0 Å². The van der Waals surface area contributed by atoms with E-state index in [1.54, 1.807) is 24.3 Å². The van der Waals surface area contributed by atoms with E-state index in [1.165, 1.54) is 30.4 Å². The Morgan fingerprint density at radius 1 is 1.14 bits per heavy atom. The van der Waals surface area contributed by atoms with Crippen molar-refractivity contribution in [1.82, 2.24) is 10.2 Å². The van der Waals surface area contributed by atoms with E-state index in [0.29, 0.717) is 22.6 Å². The highest BCUT2D eigenvalue weighted by Gasteiger charge is 2.17. The van der Waals surface area contributed by atoms with Crippen LogP contribution in [0.2, 0.25) is 0 Å². The molecule has 10 heteroatoms. The summed E-state index contributed by atoms with van der Waals surface area (Å²) in [5, 5.41) is 20.9. The molecule has 1 aliphatic heterocycles. The Hall–Kier alpha value is -4.21. The van der Waals surface area contributed by atoms with E-state index in [-0.39, 0.29) is 24.4 Å². The Bertz CT molecular complexity index is 1090. The molecule has 0 spiro atoms. The second-order valence-electron chi connectivity index (χ2n) is 5.66. The molecule has 4 rings (SSSR count). The lowest BCUT2D eigenvalue weighted by Crippen LogP contribution is -2.07. The molecule has 140 valence electrons. The van der Waals surface area contributed by atoms with Crippen molar-refractivity contribution in [2.24, 2.45) is 0 Å². The largest absolute Gasteiger partial charge is 0.454 e. The van der Waals surface area contributed by atoms with Crippen molar-refractivity contribution >= 4 is 23.7 Å². The molecule has 0 atom stereocenters. The molecule has 1 aromatic heterocycles. The molecule has 0 aliphatic carbocycles. The van der Waals surface area contributed by atoms with Gasteiger partial charge in [-0.15, -0.1) is 5.10 Å². The van der Waals surface area contributed by atoms with Crippen molar-refractivity contribution in [2.75, 3.05) is 12.1 Å². The average molecular weight is 380 g/mol. The van der Waals surface area contributed by atoms with Gasteiger partial charge in [0.15, 0.2) is 11.5 Å². The fourth-order valence-electron chi connectivity index (χ4n) is 2.48. The van der Waals surface area contributed by atoms with Gasteiger partial charge in [-0.3, -0.25) is 20.2 Å². The first-order chi connectivity index (χ1) is 13.6. The van der Waals surface area contributed by atoms with E-state index in [1.807, 2.05) is 0 Å². The van der Waals surface area contributed by atoms with Crippen molar-refractivity contribution in [1.29, 1.82) is 0 Å². The number of nitrogens with one attached hydrogen (secondary N) is 1. The predicted octanol–water partition coefficient (Wildman–Crippen LogP) is 3.03. The van der Waals surface area contributed by atoms with E-state index in [9.17, 15) is 14.9 Å². The highest BCUT2D eigenvalue weighted by atomic mass is 16.7. The van der Waals surface area contributed by atoms with Gasteiger partial charge in [0.05, 0.1) is 4.92 Å². The van der Waals surface area contributed by atoms with Crippen LogP contribution < -0.4 is 14.8 Å². The number of carbonyl (C=O) groups is 1. The number of fused-ring (bicyclic) bond motifs is 1. The van der Waals surface area contributed by atoms with E-state index < -0.39 is 10.8 Å². The zero-order chi connectivity index (χ0) is 19.5. The van der Waals surface area contributed by atoms with E-state index in [2.05, 4.69) is 15.5 Å². The summed E-state index contributed by atoms with van der Waals surface area (Å²) in [4.78, 5) is 22.3. The van der Waals surface area contributed by atoms with Crippen molar-refractivity contribution in [3.8, 4) is 23.0 Å². The fraction of sp³-hybridized carbons (Fsp3) is 0.0556. The minimum Gasteiger partial charge on any atom is -0.454 e. The number of rotatable bonds is 5. The monoisotopic (exact) mass is 380 g/mol. The second kappa shape index (κ2) is 7.19. The number of aromatic nitrogens is 2. The van der Waals surface area contributed by atoms with Crippen molar-refractivity contribution in [3.05, 3.63) is 64.2 Å². The van der Waals surface area contributed by atoms with Gasteiger partial charge in [-0.2, -0.15) is 0 Å². The third kappa shape index (κ3) is 3.65. The number of anilines is 1. The summed E-state index contributed by atoms with van der Waals surface area (Å²) in [6.07, 6.45) is 2.65. The molecule has 3 aromatic rings. The van der Waals surface area contributed by atoms with Crippen LogP contribution in [0.1, 0.15) is 5.56 Å². The van der Waals surface area contributed by atoms with Crippen LogP contribution in [-0.4, -0.2) is 27.8 Å². The summed E-state index contributed by atoms with van der Waals surface area (Å²) in [6, 6.07) is 11.0. The number of ether oxygens (including phenoxy) is 2. The SMILES string of the molecule is O=C(/C=C/c1cccc([N+](=O)[O-])c1)Nc1nnc(-c2ccc3c(c2)OCO3)o1. The molecule has 0 bridgehead atoms. The number of nitro benzene ring substituents is 1. The molecule has 28 heavy (non-hydrogen) atoms. The van der Waals surface area contributed by atoms with E-state index in [0.717, 1.165) is 0 Å². The molecule has 0 radical (unpaired) electrons. The van der Waals surface area contributed by atoms with Crippen LogP contribution in [0.4, 0.5) is 11.7 Å². The Morgan fingerprint density at radius 3 is 2.86 bits per heavy atom. The summed E-state index contributed by atoms with van der Waals surface area (Å²) in [7, 11) is 0. The van der Waals surface area contributed by atoms with Crippen LogP contribution in [0.25, 0.3) is 17.5 Å². The van der Waals surface area contributed by atoms with Crippen LogP contribution in [-0.2, 0) is 4.79 Å². The lowest BCUT2D eigenvalue weighted by atomic mass is 10.2. The smallest absolute Gasteiger partial charge is 0.322 e. The number of non-ortho nitro benzene ring substituents is 1. The van der Waals surface area contributed by atoms with Gasteiger partial charge in [-0.1, -0.05) is 17.2 Å². The number of hydrogen-bond donors (Lipinski definition) is 1. The second-order valence-corrected chi connectivity index (χ2v) is 5.66. The maximum atomic E-state index is 12.0. The third-order valence-corrected chi connectivity index (χ3v) is 3.78. The molecular weight excluding hydrogens is 368 g/mol. The maximum absolute atomic E-state index is 12.0. The standard InChI is InChI=1S/C18H12N4O6/c23-16(7-4-11-2-1-3-13(8-11)22(24)25)19-18-21-20-17(28-18)12-5-6-14-15(9-12)27-10-26-14/h1-9H,10H2,(H,19,21,23)/b7-4+. The van der Waals surface area contributed by atoms with Crippen LogP contribution >= 0.6 is 0 Å². The van der Waals surface area contributed by atoms with Crippen LogP contribution in [0.3, 0.4) is 0 Å². The maximum Gasteiger partial charge on any atom is 0.322 e. The van der Waals surface area contributed by atoms with Gasteiger partial charge >= 0.3 is 6.01 Å². The quantitative estimate of drug-likeness (QED) is 0.406. The van der Waals surface area contributed by atoms with Gasteiger partial charge in [-0.25, -0.2) is 0 Å². The molecule has 1 aliphatic rings. The first kappa shape index (κ1) is 17.2. The number of hydrogen-bond acceptors (Lipinski definition) is 8. The highest BCUT2D eigenvalue weighted by molar-refractivity contribution is 6.00. The van der Waals surface area contributed by atoms with E-state index in [4.69, 9.17) is 13.9 Å². The molecule has 0 saturated carbocycles. The topological polar surface area (TPSA) is 130 Å². The average Bonchev–Trinajstić information content (AvgIpc) is 3.35. The Balaban J connectivity index is 1.43. The van der Waals surface area contributed by atoms with Gasteiger partial charge < -0.3 is 13.9 Å². The minimum absolute atomic E-state index is 0.0622. The summed E-state index contributed by atoms with van der Waals surface area (Å²) >= 11 is 0. The van der Waals surface area contributed by atoms with Crippen LogP contribution in [0.5, 0.6) is 11.5 Å². The summed E-state index contributed by atoms with van der Waals surface area (Å²) < 4.78 is 16.0. The zero-order valence-corrected chi connectivity index (χ0v) is 14.2. The normalized spacial score (nSPS) is 12.3. The molecular formula is C18H12N4O6. The Labute approximate surface area is 157 Å². The fourth-order valence-corrected chi connectivity index (χ4v) is 2.48. The van der Waals surface area contributed by atoms with Gasteiger partial charge in [0, 0.05) is 23.8 Å². The van der Waals surface area contributed by atoms with Crippen LogP contribution in [0, 0.1) is 10.1 Å². The van der Waals surface area contributed by atoms with Crippen molar-refractivity contribution < 1.29 is 23.6 Å². The molecule has 2 aromatic carbocycles. The number of benzene rings is 2. The van der Waals surface area contributed by atoms with Crippen LogP contribution in [0.15, 0.2) is 53.0 Å². The zero-order valence-electron chi connectivity index (χ0n) is 14.2. The highest BCUT2D eigenvalue weighted by Crippen LogP contribution is 2.35.